The predicted octanol–water partition coefficient (Wildman–Crippen LogP) is 4.38. The summed E-state index contributed by atoms with van der Waals surface area (Å²) in [5.41, 5.74) is 1.15. The maximum absolute atomic E-state index is 5.80. The smallest absolute Gasteiger partial charge is 0.119 e. The average molecular weight is 239 g/mol. The SMILES string of the molecule is ClCc1ccc(OCC2CCCCC2)cc1. The Morgan fingerprint density at radius 3 is 2.38 bits per heavy atom. The fourth-order valence-corrected chi connectivity index (χ4v) is 2.42. The second kappa shape index (κ2) is 6.15. The first-order valence-corrected chi connectivity index (χ1v) is 6.69. The highest BCUT2D eigenvalue weighted by Gasteiger charge is 2.13. The summed E-state index contributed by atoms with van der Waals surface area (Å²) < 4.78 is 5.80. The van der Waals surface area contributed by atoms with E-state index in [2.05, 4.69) is 0 Å². The van der Waals surface area contributed by atoms with Gasteiger partial charge in [0, 0.05) is 5.88 Å². The lowest BCUT2D eigenvalue weighted by atomic mass is 9.90. The van der Waals surface area contributed by atoms with E-state index in [1.807, 2.05) is 24.3 Å². The van der Waals surface area contributed by atoms with Crippen LogP contribution in [0.4, 0.5) is 0 Å². The van der Waals surface area contributed by atoms with Crippen LogP contribution in [0.3, 0.4) is 0 Å². The molecule has 0 heterocycles. The molecule has 0 aromatic heterocycles. The zero-order valence-corrected chi connectivity index (χ0v) is 10.4. The molecule has 0 spiro atoms. The van der Waals surface area contributed by atoms with Gasteiger partial charge in [0.1, 0.15) is 5.75 Å². The maximum Gasteiger partial charge on any atom is 0.119 e. The summed E-state index contributed by atoms with van der Waals surface area (Å²) >= 11 is 5.74. The Balaban J connectivity index is 1.79. The van der Waals surface area contributed by atoms with Crippen molar-refractivity contribution < 1.29 is 4.74 Å². The molecular formula is C14H19ClO. The Labute approximate surface area is 103 Å². The third kappa shape index (κ3) is 3.41. The van der Waals surface area contributed by atoms with E-state index in [0.717, 1.165) is 23.8 Å². The first-order valence-electron chi connectivity index (χ1n) is 6.16. The zero-order valence-electron chi connectivity index (χ0n) is 9.62. The number of hydrogen-bond acceptors (Lipinski definition) is 1. The Morgan fingerprint density at radius 2 is 1.75 bits per heavy atom. The molecule has 0 atom stereocenters. The van der Waals surface area contributed by atoms with Gasteiger partial charge in [-0.25, -0.2) is 0 Å². The van der Waals surface area contributed by atoms with Crippen LogP contribution in [0.15, 0.2) is 24.3 Å². The van der Waals surface area contributed by atoms with Crippen LogP contribution >= 0.6 is 11.6 Å². The normalized spacial score (nSPS) is 17.3. The van der Waals surface area contributed by atoms with E-state index in [4.69, 9.17) is 16.3 Å². The molecule has 0 unspecified atom stereocenters. The lowest BCUT2D eigenvalue weighted by molar-refractivity contribution is 0.209. The van der Waals surface area contributed by atoms with Crippen LogP contribution in [0, 0.1) is 5.92 Å². The molecule has 1 aromatic carbocycles. The Hall–Kier alpha value is -0.690. The minimum atomic E-state index is 0.572. The molecule has 0 bridgehead atoms. The highest BCUT2D eigenvalue weighted by molar-refractivity contribution is 6.17. The minimum Gasteiger partial charge on any atom is -0.493 e. The fourth-order valence-electron chi connectivity index (χ4n) is 2.24. The van der Waals surface area contributed by atoms with E-state index < -0.39 is 0 Å². The fraction of sp³-hybridized carbons (Fsp3) is 0.571. The van der Waals surface area contributed by atoms with Gasteiger partial charge in [-0.2, -0.15) is 0 Å². The average Bonchev–Trinajstić information content (AvgIpc) is 2.38. The number of alkyl halides is 1. The molecule has 1 aromatic rings. The lowest BCUT2D eigenvalue weighted by Crippen LogP contribution is -2.15. The third-order valence-electron chi connectivity index (χ3n) is 3.29. The van der Waals surface area contributed by atoms with Crippen LogP contribution < -0.4 is 4.74 Å². The topological polar surface area (TPSA) is 9.23 Å². The van der Waals surface area contributed by atoms with Crippen LogP contribution in [-0.2, 0) is 5.88 Å². The van der Waals surface area contributed by atoms with Crippen molar-refractivity contribution in [3.63, 3.8) is 0 Å². The van der Waals surface area contributed by atoms with E-state index in [1.54, 1.807) is 0 Å². The van der Waals surface area contributed by atoms with Crippen molar-refractivity contribution in [3.8, 4) is 5.75 Å². The molecule has 16 heavy (non-hydrogen) atoms. The van der Waals surface area contributed by atoms with E-state index in [0.29, 0.717) is 5.88 Å². The van der Waals surface area contributed by atoms with Crippen LogP contribution in [0.1, 0.15) is 37.7 Å². The third-order valence-corrected chi connectivity index (χ3v) is 3.60. The molecule has 0 radical (unpaired) electrons. The van der Waals surface area contributed by atoms with Crippen molar-refractivity contribution in [2.45, 2.75) is 38.0 Å². The van der Waals surface area contributed by atoms with E-state index in [1.165, 1.54) is 32.1 Å². The summed E-state index contributed by atoms with van der Waals surface area (Å²) in [5.74, 6) is 2.31. The van der Waals surface area contributed by atoms with Gasteiger partial charge in [0.2, 0.25) is 0 Å². The number of ether oxygens (including phenoxy) is 1. The van der Waals surface area contributed by atoms with Gasteiger partial charge in [0.05, 0.1) is 6.61 Å². The largest absolute Gasteiger partial charge is 0.493 e. The monoisotopic (exact) mass is 238 g/mol. The van der Waals surface area contributed by atoms with Gasteiger partial charge in [0.25, 0.3) is 0 Å². The minimum absolute atomic E-state index is 0.572. The van der Waals surface area contributed by atoms with Crippen molar-refractivity contribution in [3.05, 3.63) is 29.8 Å². The molecule has 88 valence electrons. The first-order chi connectivity index (χ1) is 7.88. The summed E-state index contributed by atoms with van der Waals surface area (Å²) in [5, 5.41) is 0. The molecular weight excluding hydrogens is 220 g/mol. The van der Waals surface area contributed by atoms with Gasteiger partial charge in [0.15, 0.2) is 0 Å². The van der Waals surface area contributed by atoms with Crippen LogP contribution in [0.2, 0.25) is 0 Å². The summed E-state index contributed by atoms with van der Waals surface area (Å²) in [7, 11) is 0. The molecule has 1 saturated carbocycles. The standard InChI is InChI=1S/C14H19ClO/c15-10-12-6-8-14(9-7-12)16-11-13-4-2-1-3-5-13/h6-9,13H,1-5,10-11H2. The van der Waals surface area contributed by atoms with Crippen LogP contribution in [0.25, 0.3) is 0 Å². The second-order valence-corrected chi connectivity index (χ2v) is 4.86. The molecule has 1 aliphatic carbocycles. The van der Waals surface area contributed by atoms with E-state index in [-0.39, 0.29) is 0 Å². The molecule has 1 aliphatic rings. The lowest BCUT2D eigenvalue weighted by Gasteiger charge is -2.21. The highest BCUT2D eigenvalue weighted by atomic mass is 35.5. The van der Waals surface area contributed by atoms with Gasteiger partial charge >= 0.3 is 0 Å². The Morgan fingerprint density at radius 1 is 1.06 bits per heavy atom. The number of rotatable bonds is 4. The van der Waals surface area contributed by atoms with Crippen LogP contribution in [0.5, 0.6) is 5.75 Å². The molecule has 2 heteroatoms. The van der Waals surface area contributed by atoms with Gasteiger partial charge < -0.3 is 4.74 Å². The summed E-state index contributed by atoms with van der Waals surface area (Å²) in [4.78, 5) is 0. The Kier molecular flexibility index (Phi) is 4.53. The summed E-state index contributed by atoms with van der Waals surface area (Å²) in [6, 6.07) is 8.09. The summed E-state index contributed by atoms with van der Waals surface area (Å²) in [6.45, 7) is 0.875. The summed E-state index contributed by atoms with van der Waals surface area (Å²) in [6.07, 6.45) is 6.82. The van der Waals surface area contributed by atoms with Crippen LogP contribution in [-0.4, -0.2) is 6.61 Å². The zero-order chi connectivity index (χ0) is 11.2. The van der Waals surface area contributed by atoms with Crippen molar-refractivity contribution in [2.24, 2.45) is 5.92 Å². The van der Waals surface area contributed by atoms with E-state index in [9.17, 15) is 0 Å². The number of halogens is 1. The van der Waals surface area contributed by atoms with Gasteiger partial charge in [-0.1, -0.05) is 31.4 Å². The quantitative estimate of drug-likeness (QED) is 0.708. The van der Waals surface area contributed by atoms with Crippen molar-refractivity contribution in [1.29, 1.82) is 0 Å². The Bertz CT molecular complexity index is 301. The second-order valence-electron chi connectivity index (χ2n) is 4.59. The maximum atomic E-state index is 5.80. The molecule has 0 saturated heterocycles. The molecule has 0 aliphatic heterocycles. The van der Waals surface area contributed by atoms with Crippen molar-refractivity contribution in [2.75, 3.05) is 6.61 Å². The van der Waals surface area contributed by atoms with Crippen molar-refractivity contribution >= 4 is 11.6 Å². The van der Waals surface area contributed by atoms with Gasteiger partial charge in [-0.05, 0) is 36.5 Å². The van der Waals surface area contributed by atoms with Gasteiger partial charge in [-0.15, -0.1) is 11.6 Å². The van der Waals surface area contributed by atoms with Gasteiger partial charge in [-0.3, -0.25) is 0 Å². The molecule has 1 fully saturated rings. The first kappa shape index (κ1) is 11.8. The molecule has 0 N–H and O–H groups in total. The number of hydrogen-bond donors (Lipinski definition) is 0. The molecule has 1 nitrogen and oxygen atoms in total. The number of benzene rings is 1. The molecule has 0 amide bonds. The van der Waals surface area contributed by atoms with Crippen molar-refractivity contribution in [1.82, 2.24) is 0 Å². The molecule has 2 rings (SSSR count). The van der Waals surface area contributed by atoms with E-state index >= 15 is 0 Å². The predicted molar refractivity (Wildman–Crippen MR) is 68.1 cm³/mol. The highest BCUT2D eigenvalue weighted by Crippen LogP contribution is 2.24.